The summed E-state index contributed by atoms with van der Waals surface area (Å²) >= 11 is 1.25. The van der Waals surface area contributed by atoms with Crippen LogP contribution in [0.2, 0.25) is 0 Å². The lowest BCUT2D eigenvalue weighted by Crippen LogP contribution is -2.42. The number of carbonyl (C=O) groups excluding carboxylic acids is 2. The molecule has 0 bridgehead atoms. The second kappa shape index (κ2) is 8.62. The smallest absolute Gasteiger partial charge is 0.273 e. The minimum atomic E-state index is -0.307. The fourth-order valence-corrected chi connectivity index (χ4v) is 4.53. The second-order valence-electron chi connectivity index (χ2n) is 7.14. The van der Waals surface area contributed by atoms with Crippen molar-refractivity contribution in [2.45, 2.75) is 19.4 Å². The molecule has 3 aromatic rings. The third kappa shape index (κ3) is 4.18. The molecular formula is C20H22N6O3S. The van der Waals surface area contributed by atoms with Gasteiger partial charge in [-0.3, -0.25) is 19.0 Å². The number of hydrogen-bond acceptors (Lipinski definition) is 7. The Morgan fingerprint density at radius 1 is 1.27 bits per heavy atom. The molecule has 0 unspecified atom stereocenters. The highest BCUT2D eigenvalue weighted by molar-refractivity contribution is 7.22. The Morgan fingerprint density at radius 2 is 2.07 bits per heavy atom. The van der Waals surface area contributed by atoms with Gasteiger partial charge >= 0.3 is 0 Å². The number of anilines is 2. The summed E-state index contributed by atoms with van der Waals surface area (Å²) in [6.07, 6.45) is 3.07. The molecule has 2 N–H and O–H groups in total. The van der Waals surface area contributed by atoms with Gasteiger partial charge in [-0.2, -0.15) is 4.98 Å². The first kappa shape index (κ1) is 20.0. The summed E-state index contributed by atoms with van der Waals surface area (Å²) in [6, 6.07) is 9.07. The Bertz CT molecular complexity index is 1130. The first-order valence-electron chi connectivity index (χ1n) is 9.72. The molecule has 2 aromatic heterocycles. The number of nitrogens with one attached hydrogen (secondary N) is 2. The van der Waals surface area contributed by atoms with Crippen molar-refractivity contribution in [3.05, 3.63) is 47.0 Å². The fourth-order valence-electron chi connectivity index (χ4n) is 3.53. The summed E-state index contributed by atoms with van der Waals surface area (Å²) in [5, 5.41) is 6.13. The van der Waals surface area contributed by atoms with Gasteiger partial charge in [-0.1, -0.05) is 29.5 Å². The number of piperidine rings is 1. The maximum atomic E-state index is 12.9. The van der Waals surface area contributed by atoms with Crippen LogP contribution in [0.1, 0.15) is 12.8 Å². The van der Waals surface area contributed by atoms with Gasteiger partial charge in [0.15, 0.2) is 10.8 Å². The summed E-state index contributed by atoms with van der Waals surface area (Å²) in [5.74, 6) is -0.383. The van der Waals surface area contributed by atoms with Crippen LogP contribution in [-0.2, 0) is 16.1 Å². The van der Waals surface area contributed by atoms with E-state index in [9.17, 15) is 14.4 Å². The van der Waals surface area contributed by atoms with Gasteiger partial charge < -0.3 is 15.5 Å². The van der Waals surface area contributed by atoms with Crippen molar-refractivity contribution in [3.8, 4) is 0 Å². The molecule has 2 amide bonds. The molecule has 9 nitrogen and oxygen atoms in total. The molecule has 0 aliphatic carbocycles. The average Bonchev–Trinajstić information content (AvgIpc) is 3.21. The van der Waals surface area contributed by atoms with Crippen LogP contribution < -0.4 is 21.1 Å². The Kier molecular flexibility index (Phi) is 5.75. The lowest BCUT2D eigenvalue weighted by atomic mass is 9.98. The van der Waals surface area contributed by atoms with Crippen molar-refractivity contribution >= 4 is 44.3 Å². The van der Waals surface area contributed by atoms with E-state index in [-0.39, 0.29) is 29.8 Å². The highest BCUT2D eigenvalue weighted by Crippen LogP contribution is 2.29. The topological polar surface area (TPSA) is 109 Å². The molecule has 1 aromatic carbocycles. The molecule has 3 heterocycles. The maximum Gasteiger partial charge on any atom is 0.273 e. The lowest BCUT2D eigenvalue weighted by Gasteiger charge is -2.31. The molecule has 10 heteroatoms. The molecule has 1 saturated heterocycles. The highest BCUT2D eigenvalue weighted by Gasteiger charge is 2.27. The number of benzene rings is 1. The normalized spacial score (nSPS) is 16.4. The molecule has 4 rings (SSSR count). The van der Waals surface area contributed by atoms with E-state index in [1.165, 1.54) is 22.2 Å². The van der Waals surface area contributed by atoms with E-state index in [0.717, 1.165) is 19.4 Å². The Morgan fingerprint density at radius 3 is 2.83 bits per heavy atom. The van der Waals surface area contributed by atoms with E-state index >= 15 is 0 Å². The summed E-state index contributed by atoms with van der Waals surface area (Å²) in [5.41, 5.74) is 0.731. The zero-order chi connectivity index (χ0) is 21.1. The molecule has 0 saturated carbocycles. The first-order valence-corrected chi connectivity index (χ1v) is 10.5. The predicted molar refractivity (Wildman–Crippen MR) is 116 cm³/mol. The van der Waals surface area contributed by atoms with Gasteiger partial charge in [0.1, 0.15) is 17.6 Å². The van der Waals surface area contributed by atoms with Gasteiger partial charge in [0, 0.05) is 25.8 Å². The summed E-state index contributed by atoms with van der Waals surface area (Å²) in [6.45, 7) is 1.21. The largest absolute Gasteiger partial charge is 0.359 e. The van der Waals surface area contributed by atoms with E-state index in [1.54, 1.807) is 19.2 Å². The van der Waals surface area contributed by atoms with Crippen molar-refractivity contribution in [3.63, 3.8) is 0 Å². The number of para-hydroxylation sites is 1. The summed E-state index contributed by atoms with van der Waals surface area (Å²) < 4.78 is 1.69. The van der Waals surface area contributed by atoms with Crippen LogP contribution in [0.4, 0.5) is 10.8 Å². The number of nitrogens with zero attached hydrogens (tertiary/aromatic N) is 4. The van der Waals surface area contributed by atoms with Gasteiger partial charge in [-0.05, 0) is 25.0 Å². The van der Waals surface area contributed by atoms with Gasteiger partial charge in [0.05, 0.1) is 5.92 Å². The monoisotopic (exact) mass is 426 g/mol. The SMILES string of the molecule is CNC(=O)[C@@H]1CCCN(c2nc3ncn(CC(=O)Nc4ccccc4)c(=O)c3s2)C1. The van der Waals surface area contributed by atoms with Crippen molar-refractivity contribution in [1.82, 2.24) is 19.9 Å². The van der Waals surface area contributed by atoms with E-state index in [1.807, 2.05) is 23.1 Å². The van der Waals surface area contributed by atoms with Gasteiger partial charge in [-0.15, -0.1) is 0 Å². The molecule has 30 heavy (non-hydrogen) atoms. The van der Waals surface area contributed by atoms with Crippen molar-refractivity contribution < 1.29 is 9.59 Å². The zero-order valence-electron chi connectivity index (χ0n) is 16.5. The average molecular weight is 427 g/mol. The number of hydrogen-bond donors (Lipinski definition) is 2. The van der Waals surface area contributed by atoms with Gasteiger partial charge in [0.25, 0.3) is 5.56 Å². The van der Waals surface area contributed by atoms with Crippen LogP contribution in [0.3, 0.4) is 0 Å². The molecule has 1 aliphatic heterocycles. The number of fused-ring (bicyclic) bond motifs is 1. The third-order valence-electron chi connectivity index (χ3n) is 5.05. The molecule has 0 radical (unpaired) electrons. The minimum Gasteiger partial charge on any atom is -0.359 e. The number of amides is 2. The quantitative estimate of drug-likeness (QED) is 0.639. The maximum absolute atomic E-state index is 12.9. The standard InChI is InChI=1S/C20H22N6O3S/c1-21-18(28)13-6-5-9-25(10-13)20-24-17-16(30-20)19(29)26(12-22-17)11-15(27)23-14-7-3-2-4-8-14/h2-4,7-8,12-13H,5-6,9-11H2,1H3,(H,21,28)(H,23,27)/t13-/m1/s1. The third-order valence-corrected chi connectivity index (χ3v) is 6.15. The molecule has 156 valence electrons. The van der Waals surface area contributed by atoms with Crippen molar-refractivity contribution in [2.24, 2.45) is 5.92 Å². The predicted octanol–water partition coefficient (Wildman–Crippen LogP) is 1.45. The Labute approximate surface area is 176 Å². The van der Waals surface area contributed by atoms with Crippen LogP contribution in [0.5, 0.6) is 0 Å². The number of thiazole rings is 1. The van der Waals surface area contributed by atoms with Crippen molar-refractivity contribution in [1.29, 1.82) is 0 Å². The molecule has 1 atom stereocenters. The Hall–Kier alpha value is -3.27. The first-order chi connectivity index (χ1) is 14.5. The van der Waals surface area contributed by atoms with Crippen LogP contribution in [0.15, 0.2) is 41.5 Å². The molecular weight excluding hydrogens is 404 g/mol. The molecule has 1 aliphatic rings. The van der Waals surface area contributed by atoms with E-state index in [0.29, 0.717) is 27.7 Å². The van der Waals surface area contributed by atoms with Crippen LogP contribution in [-0.4, -0.2) is 46.5 Å². The molecule has 1 fully saturated rings. The van der Waals surface area contributed by atoms with E-state index in [2.05, 4.69) is 20.6 Å². The van der Waals surface area contributed by atoms with E-state index in [4.69, 9.17) is 0 Å². The number of rotatable bonds is 5. The Balaban J connectivity index is 1.53. The van der Waals surface area contributed by atoms with Crippen LogP contribution in [0.25, 0.3) is 10.3 Å². The second-order valence-corrected chi connectivity index (χ2v) is 8.12. The number of aromatic nitrogens is 3. The lowest BCUT2D eigenvalue weighted by molar-refractivity contribution is -0.124. The van der Waals surface area contributed by atoms with E-state index < -0.39 is 0 Å². The zero-order valence-corrected chi connectivity index (χ0v) is 17.3. The van der Waals surface area contributed by atoms with Gasteiger partial charge in [-0.25, -0.2) is 4.98 Å². The molecule has 0 spiro atoms. The minimum absolute atomic E-state index is 0.0192. The van der Waals surface area contributed by atoms with Crippen molar-refractivity contribution in [2.75, 3.05) is 30.4 Å². The highest BCUT2D eigenvalue weighted by atomic mass is 32.1. The van der Waals surface area contributed by atoms with Crippen LogP contribution in [0, 0.1) is 5.92 Å². The van der Waals surface area contributed by atoms with Gasteiger partial charge in [0.2, 0.25) is 11.8 Å². The fraction of sp³-hybridized carbons (Fsp3) is 0.350. The summed E-state index contributed by atoms with van der Waals surface area (Å²) in [4.78, 5) is 47.9. The number of carbonyl (C=O) groups is 2. The van der Waals surface area contributed by atoms with Crippen LogP contribution >= 0.6 is 11.3 Å². The summed E-state index contributed by atoms with van der Waals surface area (Å²) in [7, 11) is 1.64.